The Hall–Kier alpha value is -6.16. The van der Waals surface area contributed by atoms with E-state index in [1.807, 2.05) is 27.7 Å². The molecule has 0 radical (unpaired) electrons. The van der Waals surface area contributed by atoms with Crippen molar-refractivity contribution in [2.24, 2.45) is 23.7 Å². The van der Waals surface area contributed by atoms with Crippen molar-refractivity contribution in [1.82, 2.24) is 35.6 Å². The number of methoxy groups -OCH3 is 1. The van der Waals surface area contributed by atoms with Crippen LogP contribution in [0.4, 0.5) is 0 Å². The van der Waals surface area contributed by atoms with E-state index < -0.39 is 145 Å². The molecule has 3 aliphatic heterocycles. The van der Waals surface area contributed by atoms with Crippen LogP contribution in [0.1, 0.15) is 119 Å². The van der Waals surface area contributed by atoms with Crippen LogP contribution < -0.4 is 20.7 Å². The predicted molar refractivity (Wildman–Crippen MR) is 276 cm³/mol. The number of Topliss-reactive ketones (excluding diaryl/α,β-unsaturated/α-hetero) is 1. The van der Waals surface area contributed by atoms with Crippen LogP contribution in [-0.2, 0) is 63.8 Å². The zero-order valence-electron chi connectivity index (χ0n) is 46.4. The minimum absolute atomic E-state index is 0.0746. The summed E-state index contributed by atoms with van der Waals surface area (Å²) in [6, 6.07) is -2.13. The number of nitrogens with zero attached hydrogens (tertiary/aromatic N) is 4. The number of likely N-dealkylation sites (tertiary alicyclic amines) is 1. The molecule has 0 aliphatic carbocycles. The van der Waals surface area contributed by atoms with Crippen LogP contribution in [0.15, 0.2) is 24.3 Å². The van der Waals surface area contributed by atoms with E-state index in [4.69, 9.17) is 14.2 Å². The highest BCUT2D eigenvalue weighted by Crippen LogP contribution is 2.27. The minimum Gasteiger partial charge on any atom is -0.497 e. The van der Waals surface area contributed by atoms with Gasteiger partial charge in [-0.05, 0) is 94.7 Å². The van der Waals surface area contributed by atoms with Gasteiger partial charge in [-0.3, -0.25) is 43.2 Å². The number of rotatable bonds is 14. The maximum absolute atomic E-state index is 14.9. The Bertz CT molecular complexity index is 2240. The van der Waals surface area contributed by atoms with Gasteiger partial charge in [0.15, 0.2) is 12.4 Å². The van der Waals surface area contributed by atoms with Gasteiger partial charge in [0.25, 0.3) is 5.91 Å². The zero-order chi connectivity index (χ0) is 56.9. The normalized spacial score (nSPS) is 27.2. The van der Waals surface area contributed by atoms with Gasteiger partial charge in [0.1, 0.15) is 54.2 Å². The monoisotopic (exact) mass is 1070 g/mol. The molecule has 0 saturated carbocycles. The van der Waals surface area contributed by atoms with Gasteiger partial charge in [-0.2, -0.15) is 0 Å². The Morgan fingerprint density at radius 3 is 2.13 bits per heavy atom. The van der Waals surface area contributed by atoms with Gasteiger partial charge < -0.3 is 60.0 Å². The molecule has 76 heavy (non-hydrogen) atoms. The van der Waals surface area contributed by atoms with Crippen molar-refractivity contribution < 1.29 is 72.4 Å². The Morgan fingerprint density at radius 2 is 1.54 bits per heavy atom. The molecule has 0 aromatic heterocycles. The summed E-state index contributed by atoms with van der Waals surface area (Å²) in [6.07, 6.45) is -3.46. The summed E-state index contributed by atoms with van der Waals surface area (Å²) in [4.78, 5) is 146. The molecule has 4 rings (SSSR count). The number of cyclic esters (lactones) is 2. The first-order chi connectivity index (χ1) is 35.7. The summed E-state index contributed by atoms with van der Waals surface area (Å²) >= 11 is 0. The lowest BCUT2D eigenvalue weighted by molar-refractivity contribution is -0.162. The second-order valence-corrected chi connectivity index (χ2v) is 21.5. The number of likely N-dealkylation sites (N-methyl/N-ethyl adjacent to an activating group) is 2. The van der Waals surface area contributed by atoms with Crippen LogP contribution in [0.2, 0.25) is 0 Å². The van der Waals surface area contributed by atoms with Crippen LogP contribution in [0.3, 0.4) is 0 Å². The van der Waals surface area contributed by atoms with Crippen LogP contribution in [0, 0.1) is 23.7 Å². The van der Waals surface area contributed by atoms with Gasteiger partial charge in [-0.1, -0.05) is 60.1 Å². The van der Waals surface area contributed by atoms with Gasteiger partial charge in [-0.25, -0.2) is 4.79 Å². The quantitative estimate of drug-likeness (QED) is 0.130. The maximum Gasteiger partial charge on any atom is 0.329 e. The summed E-state index contributed by atoms with van der Waals surface area (Å²) in [6.45, 7) is 14.2. The van der Waals surface area contributed by atoms with E-state index in [2.05, 4.69) is 16.0 Å². The molecule has 3 saturated heterocycles. The van der Waals surface area contributed by atoms with Crippen molar-refractivity contribution in [1.29, 1.82) is 0 Å². The number of carbonyl (C=O) groups is 10. The average Bonchev–Trinajstić information content (AvgIpc) is 4.08. The SMILES string of the molecule is CCC(C)C1NC(=O)C(NC(=O)C(CC(C)C)N(C)C(=O)C2CCCN2C(=O)C(C)O)C(C)OC(=O)C(Cc2ccc(OC)cc2)N(C)C(=O)C2CCCN2C(=O)C(CC(C)C)NC(=O)C(C)C(=O)COC(=O)CC1O. The molecule has 1 aromatic carbocycles. The smallest absolute Gasteiger partial charge is 0.329 e. The third-order valence-corrected chi connectivity index (χ3v) is 14.8. The largest absolute Gasteiger partial charge is 0.497 e. The summed E-state index contributed by atoms with van der Waals surface area (Å²) in [7, 11) is 4.28. The number of aliphatic hydroxyl groups excluding tert-OH is 2. The Labute approximate surface area is 446 Å². The molecule has 12 atom stereocenters. The number of esters is 2. The molecular weight excluding hydrogens is 987 g/mol. The number of amides is 7. The van der Waals surface area contributed by atoms with Crippen LogP contribution in [-0.4, -0.2) is 190 Å². The molecule has 7 amide bonds. The van der Waals surface area contributed by atoms with E-state index in [1.165, 1.54) is 61.6 Å². The fourth-order valence-corrected chi connectivity index (χ4v) is 9.91. The second kappa shape index (κ2) is 28.3. The number of nitrogens with one attached hydrogen (secondary N) is 3. The maximum atomic E-state index is 14.9. The third kappa shape index (κ3) is 16.2. The van der Waals surface area contributed by atoms with Gasteiger partial charge in [-0.15, -0.1) is 0 Å². The van der Waals surface area contributed by atoms with Crippen LogP contribution >= 0.6 is 0 Å². The van der Waals surface area contributed by atoms with E-state index in [9.17, 15) is 58.2 Å². The number of ether oxygens (including phenoxy) is 3. The molecule has 0 bridgehead atoms. The summed E-state index contributed by atoms with van der Waals surface area (Å²) in [5.74, 6) is -9.61. The molecule has 424 valence electrons. The molecule has 3 aliphatic rings. The first kappa shape index (κ1) is 62.4. The summed E-state index contributed by atoms with van der Waals surface area (Å²) in [5, 5.41) is 29.9. The van der Waals surface area contributed by atoms with Gasteiger partial charge >= 0.3 is 11.9 Å². The summed E-state index contributed by atoms with van der Waals surface area (Å²) in [5.41, 5.74) is 0.571. The highest BCUT2D eigenvalue weighted by atomic mass is 16.5. The lowest BCUT2D eigenvalue weighted by Gasteiger charge is -2.36. The molecular formula is C54H83N7O15. The molecule has 0 spiro atoms. The number of carbonyl (C=O) groups excluding carboxylic acids is 10. The van der Waals surface area contributed by atoms with Crippen molar-refractivity contribution >= 4 is 59.1 Å². The number of hydrogen-bond donors (Lipinski definition) is 5. The molecule has 3 fully saturated rings. The first-order valence-corrected chi connectivity index (χ1v) is 26.7. The predicted octanol–water partition coefficient (Wildman–Crippen LogP) is 1.29. The third-order valence-electron chi connectivity index (χ3n) is 14.8. The first-order valence-electron chi connectivity index (χ1n) is 26.7. The molecule has 22 heteroatoms. The number of fused-ring (bicyclic) bond motifs is 1. The molecule has 5 N–H and O–H groups in total. The topological polar surface area (TPSA) is 288 Å². The van der Waals surface area contributed by atoms with Crippen molar-refractivity contribution in [3.63, 3.8) is 0 Å². The number of benzene rings is 1. The van der Waals surface area contributed by atoms with Crippen molar-refractivity contribution in [2.75, 3.05) is 40.9 Å². The van der Waals surface area contributed by atoms with Crippen LogP contribution in [0.25, 0.3) is 0 Å². The highest BCUT2D eigenvalue weighted by Gasteiger charge is 2.45. The van der Waals surface area contributed by atoms with E-state index in [-0.39, 0.29) is 57.0 Å². The zero-order valence-corrected chi connectivity index (χ0v) is 46.4. The van der Waals surface area contributed by atoms with Gasteiger partial charge in [0, 0.05) is 33.6 Å². The van der Waals surface area contributed by atoms with E-state index >= 15 is 0 Å². The standard InChI is InChI=1S/C54H83N7O15/c1-13-31(6)45-42(63)27-44(65)75-28-43(64)32(7)47(66)55-37(24-29(2)3)51(70)61-23-15-17-39(61)53(72)59(11)41(26-35-18-20-36(74-12)21-19-35)54(73)76-34(9)46(49(68)56-45)57-48(67)40(25-30(4)5)58(10)52(71)38-16-14-22-60(38)50(69)33(8)62/h18-21,29-34,37-42,45-46,62-63H,13-17,22-28H2,1-12H3,(H,55,66)(H,56,68)(H,57,67). The molecule has 1 aromatic rings. The van der Waals surface area contributed by atoms with Crippen LogP contribution in [0.5, 0.6) is 5.75 Å². The molecule has 3 heterocycles. The molecule has 22 nitrogen and oxygen atoms in total. The van der Waals surface area contributed by atoms with E-state index in [0.717, 1.165) is 0 Å². The lowest BCUT2D eigenvalue weighted by Crippen LogP contribution is -2.62. The van der Waals surface area contributed by atoms with Gasteiger partial charge in [0.2, 0.25) is 35.4 Å². The average molecular weight is 1070 g/mol. The molecule has 12 unspecified atom stereocenters. The van der Waals surface area contributed by atoms with E-state index in [0.29, 0.717) is 30.6 Å². The number of ketones is 1. The van der Waals surface area contributed by atoms with Crippen molar-refractivity contribution in [3.05, 3.63) is 29.8 Å². The lowest BCUT2D eigenvalue weighted by atomic mass is 9.92. The Morgan fingerprint density at radius 1 is 0.895 bits per heavy atom. The van der Waals surface area contributed by atoms with Crippen molar-refractivity contribution in [3.8, 4) is 5.75 Å². The number of aliphatic hydroxyl groups is 2. The minimum atomic E-state index is -1.76. The van der Waals surface area contributed by atoms with E-state index in [1.54, 1.807) is 38.1 Å². The fraction of sp³-hybridized carbons (Fsp3) is 0.704. The Kier molecular flexibility index (Phi) is 23.2. The van der Waals surface area contributed by atoms with Crippen molar-refractivity contribution in [2.45, 2.75) is 181 Å². The Balaban J connectivity index is 1.85. The fourth-order valence-electron chi connectivity index (χ4n) is 9.91. The second-order valence-electron chi connectivity index (χ2n) is 21.5. The van der Waals surface area contributed by atoms with Gasteiger partial charge in [0.05, 0.1) is 31.6 Å². The highest BCUT2D eigenvalue weighted by molar-refractivity contribution is 6.04. The number of hydrogen-bond acceptors (Lipinski definition) is 15. The summed E-state index contributed by atoms with van der Waals surface area (Å²) < 4.78 is 16.7.